The Bertz CT molecular complexity index is 6.00. The minimum absolute atomic E-state index is 0. The normalized spacial score (nSPS) is 0. The summed E-state index contributed by atoms with van der Waals surface area (Å²) in [6, 6.07) is 0. The first-order chi connectivity index (χ1) is 0. The summed E-state index contributed by atoms with van der Waals surface area (Å²) >= 11 is 0. The van der Waals surface area contributed by atoms with Crippen molar-refractivity contribution in [3.8, 4) is 0 Å². The van der Waals surface area contributed by atoms with Gasteiger partial charge in [0.25, 0.3) is 0 Å². The molecule has 0 spiro atoms. The molecule has 24 valence electrons. The molecule has 0 atom stereocenters. The molecule has 0 heterocycles. The van der Waals surface area contributed by atoms with Crippen LogP contribution in [0.3, 0.4) is 0 Å². The van der Waals surface area contributed by atoms with Gasteiger partial charge in [-0.2, -0.15) is 0 Å². The van der Waals surface area contributed by atoms with Crippen LogP contribution in [0.5, 0.6) is 0 Å². The minimum Gasteiger partial charge on any atom is -2.00 e. The average molecular weight is 72.9 g/mol. The molecule has 0 aliphatic carbocycles. The van der Waals surface area contributed by atoms with Gasteiger partial charge in [-0.25, -0.2) is 0 Å². The van der Waals surface area contributed by atoms with Gasteiger partial charge in [-0.3, -0.25) is 0 Å². The van der Waals surface area contributed by atoms with Crippen molar-refractivity contribution in [3.05, 3.63) is 0 Å². The predicted molar refractivity (Wildman–Crippen MR) is 7.91 cm³/mol. The third-order valence-corrected chi connectivity index (χ3v) is 0. The van der Waals surface area contributed by atoms with Crippen molar-refractivity contribution < 1.29 is 73.0 Å². The van der Waals surface area contributed by atoms with Gasteiger partial charge in [0.15, 0.2) is 0 Å². The topological polar surface area (TPSA) is 91.5 Å². The maximum atomic E-state index is 0. The summed E-state index contributed by atoms with van der Waals surface area (Å²) in [5.74, 6) is 0. The van der Waals surface area contributed by atoms with Crippen molar-refractivity contribution in [3.63, 3.8) is 0 Å². The average Bonchev–Trinajstić information content (AvgIpc) is 0. The fraction of sp³-hybridized carbons (Fsp3) is 0. The zero-order valence-electron chi connectivity index (χ0n) is 4.41. The van der Waals surface area contributed by atoms with Gasteiger partial charge in [-0.05, 0) is 0 Å². The molecule has 3 nitrogen and oxygen atoms in total. The SMILES string of the molecule is O.O.[Li+].[Li+].[Li+].[O-2]. The summed E-state index contributed by atoms with van der Waals surface area (Å²) in [6.07, 6.45) is 0. The third-order valence-electron chi connectivity index (χ3n) is 0. The van der Waals surface area contributed by atoms with Crippen molar-refractivity contribution in [2.45, 2.75) is 0 Å². The fourth-order valence-corrected chi connectivity index (χ4v) is 0. The molecule has 0 aromatic heterocycles. The van der Waals surface area contributed by atoms with Crippen molar-refractivity contribution >= 4 is 0 Å². The second-order valence-corrected chi connectivity index (χ2v) is 0. The Hall–Kier alpha value is 1.67. The summed E-state index contributed by atoms with van der Waals surface area (Å²) in [6.45, 7) is 0. The number of hydrogen-bond donors (Lipinski definition) is 0. The van der Waals surface area contributed by atoms with Crippen LogP contribution >= 0.6 is 0 Å². The maximum absolute atomic E-state index is 0. The van der Waals surface area contributed by atoms with E-state index in [9.17, 15) is 0 Å². The van der Waals surface area contributed by atoms with E-state index in [4.69, 9.17) is 0 Å². The van der Waals surface area contributed by atoms with E-state index in [0.717, 1.165) is 0 Å². The molecule has 0 rings (SSSR count). The van der Waals surface area contributed by atoms with E-state index in [1.54, 1.807) is 0 Å². The first-order valence-corrected chi connectivity index (χ1v) is 0. The Morgan fingerprint density at radius 1 is 0.500 bits per heavy atom. The zero-order chi connectivity index (χ0) is 0. The van der Waals surface area contributed by atoms with Gasteiger partial charge < -0.3 is 16.4 Å². The molecule has 0 bridgehead atoms. The summed E-state index contributed by atoms with van der Waals surface area (Å²) in [5.41, 5.74) is 0. The second-order valence-electron chi connectivity index (χ2n) is 0. The molecule has 0 saturated carbocycles. The fourth-order valence-electron chi connectivity index (χ4n) is 0. The van der Waals surface area contributed by atoms with Crippen LogP contribution in [0.1, 0.15) is 0 Å². The molecule has 0 aliphatic rings. The van der Waals surface area contributed by atoms with E-state index in [1.807, 2.05) is 0 Å². The Labute approximate surface area is 72.7 Å². The van der Waals surface area contributed by atoms with Gasteiger partial charge >= 0.3 is 56.6 Å². The van der Waals surface area contributed by atoms with Crippen LogP contribution in [-0.2, 0) is 5.48 Å². The van der Waals surface area contributed by atoms with Gasteiger partial charge in [-0.1, -0.05) is 0 Å². The van der Waals surface area contributed by atoms with Crippen LogP contribution in [0.2, 0.25) is 0 Å². The molecular formula is H4Li3O3+. The molecule has 0 aromatic rings. The van der Waals surface area contributed by atoms with Crippen LogP contribution in [0.25, 0.3) is 0 Å². The van der Waals surface area contributed by atoms with Gasteiger partial charge in [0.1, 0.15) is 0 Å². The first kappa shape index (κ1) is 122. The quantitative estimate of drug-likeness (QED) is 0.255. The summed E-state index contributed by atoms with van der Waals surface area (Å²) in [4.78, 5) is 0. The second kappa shape index (κ2) is 76.8. The van der Waals surface area contributed by atoms with E-state index >= 15 is 0 Å². The molecule has 0 aliphatic heterocycles. The Morgan fingerprint density at radius 2 is 0.500 bits per heavy atom. The minimum atomic E-state index is 0. The summed E-state index contributed by atoms with van der Waals surface area (Å²) < 4.78 is 0. The molecular weight excluding hydrogens is 68.8 g/mol. The molecule has 0 saturated heterocycles. The predicted octanol–water partition coefficient (Wildman–Crippen LogP) is -10.8. The van der Waals surface area contributed by atoms with Crippen LogP contribution < -0.4 is 56.6 Å². The molecule has 0 fully saturated rings. The van der Waals surface area contributed by atoms with E-state index in [1.165, 1.54) is 0 Å². The van der Waals surface area contributed by atoms with Gasteiger partial charge in [0, 0.05) is 0 Å². The maximum Gasteiger partial charge on any atom is 1.00 e. The van der Waals surface area contributed by atoms with E-state index in [-0.39, 0.29) is 73.0 Å². The van der Waals surface area contributed by atoms with Crippen LogP contribution in [0.15, 0.2) is 0 Å². The van der Waals surface area contributed by atoms with Crippen LogP contribution in [0.4, 0.5) is 0 Å². The van der Waals surface area contributed by atoms with Crippen molar-refractivity contribution in [1.82, 2.24) is 0 Å². The molecule has 0 aromatic carbocycles. The number of rotatable bonds is 0. The molecule has 0 amide bonds. The number of hydrogen-bond acceptors (Lipinski definition) is 0. The standard InChI is InChI=1S/3Li.2H2O.O/h;;;2*1H2;/q3*+1;;;-2. The molecule has 6 heavy (non-hydrogen) atoms. The molecule has 6 heteroatoms. The Kier molecular flexibility index (Phi) is 1560. The smallest absolute Gasteiger partial charge is 1.00 e. The van der Waals surface area contributed by atoms with Gasteiger partial charge in [0.2, 0.25) is 0 Å². The third kappa shape index (κ3) is 44.3. The van der Waals surface area contributed by atoms with Crippen molar-refractivity contribution in [1.29, 1.82) is 0 Å². The van der Waals surface area contributed by atoms with Crippen molar-refractivity contribution in [2.75, 3.05) is 0 Å². The molecule has 4 N–H and O–H groups in total. The van der Waals surface area contributed by atoms with Gasteiger partial charge in [0.05, 0.1) is 0 Å². The first-order valence-electron chi connectivity index (χ1n) is 0. The summed E-state index contributed by atoms with van der Waals surface area (Å²) in [5, 5.41) is 0. The van der Waals surface area contributed by atoms with Crippen molar-refractivity contribution in [2.24, 2.45) is 0 Å². The van der Waals surface area contributed by atoms with Crippen LogP contribution in [-0.4, -0.2) is 11.0 Å². The zero-order valence-corrected chi connectivity index (χ0v) is 4.41. The Morgan fingerprint density at radius 3 is 0.500 bits per heavy atom. The largest absolute Gasteiger partial charge is 2.00 e. The van der Waals surface area contributed by atoms with E-state index in [2.05, 4.69) is 0 Å². The molecule has 0 radical (unpaired) electrons. The van der Waals surface area contributed by atoms with E-state index < -0.39 is 0 Å². The molecule has 0 unspecified atom stereocenters. The Balaban J connectivity index is 0. The monoisotopic (exact) mass is 73.1 g/mol. The van der Waals surface area contributed by atoms with E-state index in [0.29, 0.717) is 0 Å². The summed E-state index contributed by atoms with van der Waals surface area (Å²) in [7, 11) is 0. The van der Waals surface area contributed by atoms with Gasteiger partial charge in [-0.15, -0.1) is 0 Å². The van der Waals surface area contributed by atoms with Crippen LogP contribution in [0, 0.1) is 0 Å².